The van der Waals surface area contributed by atoms with Crippen LogP contribution < -0.4 is 0 Å². The van der Waals surface area contributed by atoms with Crippen molar-refractivity contribution in [3.8, 4) is 56.7 Å². The molecule has 9 aromatic carbocycles. The van der Waals surface area contributed by atoms with Crippen molar-refractivity contribution in [3.63, 3.8) is 0 Å². The Hall–Kier alpha value is -8.61. The molecule has 294 valence electrons. The van der Waals surface area contributed by atoms with Crippen molar-refractivity contribution in [2.45, 2.75) is 0 Å². The van der Waals surface area contributed by atoms with Gasteiger partial charge in [0.15, 0.2) is 11.6 Å². The summed E-state index contributed by atoms with van der Waals surface area (Å²) in [6, 6.07) is -0.343. The summed E-state index contributed by atoms with van der Waals surface area (Å²) in [6.45, 7) is 0. The van der Waals surface area contributed by atoms with Crippen LogP contribution in [0.25, 0.3) is 122 Å². The molecule has 4 heterocycles. The molecule has 4 aromatic heterocycles. The van der Waals surface area contributed by atoms with Gasteiger partial charge in [0.2, 0.25) is 5.95 Å². The van der Waals surface area contributed by atoms with Crippen LogP contribution in [0.2, 0.25) is 0 Å². The molecule has 63 heavy (non-hydrogen) atoms. The smallest absolute Gasteiger partial charge is 0.238 e. The molecule has 0 unspecified atom stereocenters. The van der Waals surface area contributed by atoms with Crippen LogP contribution in [0.5, 0.6) is 0 Å². The number of para-hydroxylation sites is 2. The highest BCUT2D eigenvalue weighted by atomic mass is 16.3. The predicted molar refractivity (Wildman–Crippen MR) is 258 cm³/mol. The first kappa shape index (κ1) is 19.0. The Balaban J connectivity index is 1.26. The first-order chi connectivity index (χ1) is 41.2. The number of benzene rings is 9. The first-order valence-corrected chi connectivity index (χ1v) is 19.2. The number of aromatic nitrogens is 5. The Kier molecular flexibility index (Phi) is 4.21. The molecule has 0 aliphatic heterocycles. The molecule has 6 heteroatoms. The van der Waals surface area contributed by atoms with E-state index in [2.05, 4.69) is 15.0 Å². The Bertz CT molecular complexity index is 5260. The van der Waals surface area contributed by atoms with Crippen LogP contribution in [-0.4, -0.2) is 24.1 Å². The second kappa shape index (κ2) is 14.0. The quantitative estimate of drug-likeness (QED) is 0.167. The van der Waals surface area contributed by atoms with Gasteiger partial charge in [-0.2, -0.15) is 9.97 Å². The van der Waals surface area contributed by atoms with Crippen molar-refractivity contribution in [3.05, 3.63) is 212 Å². The zero-order chi connectivity index (χ0) is 62.3. The molecule has 13 rings (SSSR count). The van der Waals surface area contributed by atoms with Crippen molar-refractivity contribution in [2.75, 3.05) is 0 Å². The highest BCUT2D eigenvalue weighted by Crippen LogP contribution is 2.43. The second-order valence-electron chi connectivity index (χ2n) is 14.2. The number of furan rings is 1. The fourth-order valence-electron chi connectivity index (χ4n) is 8.05. The van der Waals surface area contributed by atoms with Crippen LogP contribution >= 0.6 is 0 Å². The number of hydrogen-bond donors (Lipinski definition) is 0. The minimum Gasteiger partial charge on any atom is -0.456 e. The Labute approximate surface area is 395 Å². The van der Waals surface area contributed by atoms with Crippen molar-refractivity contribution in [1.29, 1.82) is 0 Å². The highest BCUT2D eigenvalue weighted by Gasteiger charge is 2.24. The average Bonchev–Trinajstić information content (AvgIpc) is 1.54. The molecule has 0 saturated carbocycles. The van der Waals surface area contributed by atoms with E-state index in [-0.39, 0.29) is 33.0 Å². The molecule has 0 bridgehead atoms. The minimum atomic E-state index is -0.998. The van der Waals surface area contributed by atoms with Gasteiger partial charge in [0.05, 0.1) is 55.0 Å². The van der Waals surface area contributed by atoms with Gasteiger partial charge in [0, 0.05) is 49.1 Å². The standard InChI is InChI=1S/C57H35N5O/c1-4-15-36(16-5-1)37-27-29-40(30-28-37)56-58-55(39-19-8-3-9-20-39)59-57(60-56)62-49-25-13-11-22-44(49)46-33-32-45-43-21-10-12-24-48(43)61(53(45)54(46)62)41-31-34-50-47(35-41)52-42(23-14-26-51(52)63-50)38-17-6-2-7-18-38/h1-35H/i1D,3D,4D,5D,8D,9D,10D,11D,12D,13D,15D,16D,19D,20D,21D,22D,24D,25D,27D,28D,29D,30D,32D,33D. The van der Waals surface area contributed by atoms with Gasteiger partial charge in [-0.1, -0.05) is 175 Å². The fourth-order valence-corrected chi connectivity index (χ4v) is 8.05. The average molecular weight is 830 g/mol. The van der Waals surface area contributed by atoms with Crippen LogP contribution in [0, 0.1) is 0 Å². The summed E-state index contributed by atoms with van der Waals surface area (Å²) in [6.07, 6.45) is 0. The molecule has 0 aliphatic rings. The summed E-state index contributed by atoms with van der Waals surface area (Å²) in [5.74, 6) is -2.48. The van der Waals surface area contributed by atoms with E-state index in [1.165, 1.54) is 4.57 Å². The lowest BCUT2D eigenvalue weighted by molar-refractivity contribution is 0.669. The van der Waals surface area contributed by atoms with E-state index in [1.807, 2.05) is 42.5 Å². The topological polar surface area (TPSA) is 61.7 Å². The molecule has 0 radical (unpaired) electrons. The Morgan fingerprint density at radius 2 is 0.968 bits per heavy atom. The van der Waals surface area contributed by atoms with Gasteiger partial charge in [-0.15, -0.1) is 0 Å². The van der Waals surface area contributed by atoms with Crippen LogP contribution in [0.15, 0.2) is 216 Å². The first-order valence-electron chi connectivity index (χ1n) is 31.2. The minimum absolute atomic E-state index is 0.145. The zero-order valence-corrected chi connectivity index (χ0v) is 32.0. The molecule has 6 nitrogen and oxygen atoms in total. The number of fused-ring (bicyclic) bond motifs is 10. The summed E-state index contributed by atoms with van der Waals surface area (Å²) >= 11 is 0. The summed E-state index contributed by atoms with van der Waals surface area (Å²) in [5.41, 5.74) is -1.79. The normalized spacial score (nSPS) is 17.1. The van der Waals surface area contributed by atoms with E-state index in [0.29, 0.717) is 21.9 Å². The van der Waals surface area contributed by atoms with Crippen molar-refractivity contribution < 1.29 is 37.3 Å². The second-order valence-corrected chi connectivity index (χ2v) is 14.2. The Morgan fingerprint density at radius 3 is 1.67 bits per heavy atom. The molecule has 0 atom stereocenters. The molecule has 0 saturated heterocycles. The lowest BCUT2D eigenvalue weighted by atomic mass is 9.99. The van der Waals surface area contributed by atoms with Gasteiger partial charge in [0.1, 0.15) is 11.2 Å². The lowest BCUT2D eigenvalue weighted by Gasteiger charge is -2.13. The van der Waals surface area contributed by atoms with Gasteiger partial charge in [-0.05, 0) is 58.6 Å². The summed E-state index contributed by atoms with van der Waals surface area (Å²) in [4.78, 5) is 13.8. The van der Waals surface area contributed by atoms with Gasteiger partial charge < -0.3 is 8.98 Å². The third-order valence-electron chi connectivity index (χ3n) is 10.7. The van der Waals surface area contributed by atoms with Crippen LogP contribution in [0.1, 0.15) is 32.9 Å². The molecule has 0 aliphatic carbocycles. The summed E-state index contributed by atoms with van der Waals surface area (Å²) < 4.78 is 226. The summed E-state index contributed by atoms with van der Waals surface area (Å²) in [7, 11) is 0. The summed E-state index contributed by atoms with van der Waals surface area (Å²) in [5, 5.41) is -0.286. The van der Waals surface area contributed by atoms with E-state index < -0.39 is 201 Å². The highest BCUT2D eigenvalue weighted by molar-refractivity contribution is 6.24. The van der Waals surface area contributed by atoms with E-state index in [0.717, 1.165) is 15.7 Å². The number of nitrogens with zero attached hydrogens (tertiary/aromatic N) is 5. The van der Waals surface area contributed by atoms with Crippen LogP contribution in [0.4, 0.5) is 0 Å². The van der Waals surface area contributed by atoms with Gasteiger partial charge in [-0.25, -0.2) is 4.98 Å². The third-order valence-corrected chi connectivity index (χ3v) is 10.7. The molecular weight excluding hydrogens is 771 g/mol. The van der Waals surface area contributed by atoms with E-state index in [9.17, 15) is 13.7 Å². The van der Waals surface area contributed by atoms with Crippen LogP contribution in [0.3, 0.4) is 0 Å². The lowest BCUT2D eigenvalue weighted by Crippen LogP contribution is -2.07. The van der Waals surface area contributed by atoms with E-state index in [4.69, 9.17) is 23.6 Å². The van der Waals surface area contributed by atoms with Crippen molar-refractivity contribution >= 4 is 65.6 Å². The molecular formula is C57H35N5O. The number of rotatable bonds is 6. The number of hydrogen-bond acceptors (Lipinski definition) is 4. The van der Waals surface area contributed by atoms with Crippen molar-refractivity contribution in [2.24, 2.45) is 0 Å². The van der Waals surface area contributed by atoms with Gasteiger partial charge in [0.25, 0.3) is 0 Å². The predicted octanol–water partition coefficient (Wildman–Crippen LogP) is 14.6. The van der Waals surface area contributed by atoms with E-state index >= 15 is 0 Å². The Morgan fingerprint density at radius 1 is 0.397 bits per heavy atom. The fraction of sp³-hybridized carbons (Fsp3) is 0. The largest absolute Gasteiger partial charge is 0.456 e. The molecule has 0 N–H and O–H groups in total. The zero-order valence-electron chi connectivity index (χ0n) is 56.0. The van der Waals surface area contributed by atoms with Gasteiger partial charge >= 0.3 is 0 Å². The maximum atomic E-state index is 9.87. The monoisotopic (exact) mass is 829 g/mol. The molecule has 0 amide bonds. The van der Waals surface area contributed by atoms with E-state index in [1.54, 1.807) is 24.3 Å². The molecule has 13 aromatic rings. The van der Waals surface area contributed by atoms with Crippen molar-refractivity contribution in [1.82, 2.24) is 24.1 Å². The third kappa shape index (κ3) is 5.55. The maximum Gasteiger partial charge on any atom is 0.238 e. The molecule has 0 spiro atoms. The van der Waals surface area contributed by atoms with Crippen LogP contribution in [-0.2, 0) is 0 Å². The maximum absolute atomic E-state index is 9.87. The van der Waals surface area contributed by atoms with Gasteiger partial charge in [-0.3, -0.25) is 4.57 Å². The SMILES string of the molecule is [2H]c1c([2H])c([2H])c(-c2nc(-c3c([2H])c([2H])c(-c4c([2H])c([2H])c([2H])c([2H])c4[2H])c([2H])c3[2H])nc(-n3c4c([2H])c([2H])c([2H])c([2H])c4c4c([2H])c([2H])c5c6c([2H])c([2H])c([2H])c([2H])c6n(-c6ccc7oc8cccc(-c9ccccc9)c8c7c6)c5c43)n2)c([2H])c1[2H]. The molecule has 0 fully saturated rings.